The fourth-order valence-electron chi connectivity index (χ4n) is 3.75. The zero-order chi connectivity index (χ0) is 24.0. The Morgan fingerprint density at radius 3 is 1.50 bits per heavy atom. The molecule has 1 atom stereocenters. The summed E-state index contributed by atoms with van der Waals surface area (Å²) in [4.78, 5) is 0. The minimum Gasteiger partial charge on any atom is -0.396 e. The summed E-state index contributed by atoms with van der Waals surface area (Å²) in [5, 5.41) is 18.3. The van der Waals surface area contributed by atoms with E-state index in [0.29, 0.717) is 6.61 Å². The van der Waals surface area contributed by atoms with E-state index >= 15 is 0 Å². The topological polar surface area (TPSA) is 40.5 Å². The van der Waals surface area contributed by atoms with Gasteiger partial charge in [-0.1, -0.05) is 122 Å². The lowest BCUT2D eigenvalue weighted by atomic mass is 10.0. The van der Waals surface area contributed by atoms with Crippen LogP contribution < -0.4 is 0 Å². The van der Waals surface area contributed by atoms with Gasteiger partial charge in [-0.3, -0.25) is 0 Å². The first-order valence-corrected chi connectivity index (χ1v) is 14.3. The number of aliphatic hydroxyl groups excluding tert-OH is 2. The molecule has 0 spiro atoms. The molecule has 0 aromatic carbocycles. The predicted molar refractivity (Wildman–Crippen MR) is 145 cm³/mol. The third kappa shape index (κ3) is 34.0. The van der Waals surface area contributed by atoms with Crippen LogP contribution in [0.5, 0.6) is 0 Å². The van der Waals surface area contributed by atoms with Crippen LogP contribution in [0.2, 0.25) is 0 Å². The molecule has 0 radical (unpaired) electrons. The van der Waals surface area contributed by atoms with Crippen molar-refractivity contribution in [2.45, 2.75) is 162 Å². The normalized spacial score (nSPS) is 12.4. The Morgan fingerprint density at radius 1 is 0.531 bits per heavy atom. The molecule has 0 aromatic heterocycles. The maximum atomic E-state index is 9.74. The van der Waals surface area contributed by atoms with E-state index in [4.69, 9.17) is 5.11 Å². The molecule has 0 saturated carbocycles. The van der Waals surface area contributed by atoms with E-state index in [0.717, 1.165) is 19.3 Å². The number of hydrogen-bond acceptors (Lipinski definition) is 2. The summed E-state index contributed by atoms with van der Waals surface area (Å²) >= 11 is 0. The van der Waals surface area contributed by atoms with Crippen LogP contribution >= 0.6 is 0 Å². The molecule has 0 rings (SSSR count). The van der Waals surface area contributed by atoms with Gasteiger partial charge >= 0.3 is 0 Å². The molecule has 192 valence electrons. The second-order valence-electron chi connectivity index (χ2n) is 9.31. The van der Waals surface area contributed by atoms with Gasteiger partial charge in [0.2, 0.25) is 0 Å². The van der Waals surface area contributed by atoms with Gasteiger partial charge in [0.15, 0.2) is 0 Å². The zero-order valence-electron chi connectivity index (χ0n) is 22.3. The van der Waals surface area contributed by atoms with Crippen molar-refractivity contribution in [1.82, 2.24) is 0 Å². The van der Waals surface area contributed by atoms with Crippen molar-refractivity contribution in [3.8, 4) is 0 Å². The Labute approximate surface area is 203 Å². The van der Waals surface area contributed by atoms with Gasteiger partial charge in [-0.15, -0.1) is 0 Å². The highest BCUT2D eigenvalue weighted by atomic mass is 16.3. The van der Waals surface area contributed by atoms with Gasteiger partial charge in [-0.2, -0.15) is 0 Å². The maximum Gasteiger partial charge on any atom is 0.0540 e. The number of hydrogen-bond donors (Lipinski definition) is 2. The Bertz CT molecular complexity index is 362. The summed E-state index contributed by atoms with van der Waals surface area (Å²) in [6, 6.07) is 0. The third-order valence-corrected chi connectivity index (χ3v) is 5.95. The molecule has 0 heterocycles. The molecule has 1 unspecified atom stereocenters. The fourth-order valence-corrected chi connectivity index (χ4v) is 3.75. The molecule has 0 amide bonds. The smallest absolute Gasteiger partial charge is 0.0540 e. The summed E-state index contributed by atoms with van der Waals surface area (Å²) in [5.74, 6) is 0. The van der Waals surface area contributed by atoms with E-state index < -0.39 is 0 Å². The van der Waals surface area contributed by atoms with Gasteiger partial charge in [0.1, 0.15) is 0 Å². The van der Waals surface area contributed by atoms with Crippen LogP contribution in [0.25, 0.3) is 0 Å². The van der Waals surface area contributed by atoms with Crippen molar-refractivity contribution in [3.63, 3.8) is 0 Å². The van der Waals surface area contributed by atoms with Crippen molar-refractivity contribution in [2.24, 2.45) is 0 Å². The first-order chi connectivity index (χ1) is 15.7. The molecule has 2 nitrogen and oxygen atoms in total. The highest BCUT2D eigenvalue weighted by Gasteiger charge is 2.02. The summed E-state index contributed by atoms with van der Waals surface area (Å²) in [6.45, 7) is 6.89. The molecule has 0 saturated heterocycles. The summed E-state index contributed by atoms with van der Waals surface area (Å²) in [7, 11) is 0. The number of allylic oxidation sites excluding steroid dienone is 4. The monoisotopic (exact) mass is 452 g/mol. The fraction of sp³-hybridized carbons (Fsp3) is 0.867. The average Bonchev–Trinajstić information content (AvgIpc) is 2.80. The molecular weight excluding hydrogens is 392 g/mol. The summed E-state index contributed by atoms with van der Waals surface area (Å²) in [6.07, 6.45) is 35.1. The molecule has 0 aromatic rings. The van der Waals surface area contributed by atoms with Crippen molar-refractivity contribution < 1.29 is 10.2 Å². The second kappa shape index (κ2) is 32.6. The van der Waals surface area contributed by atoms with E-state index in [1.54, 1.807) is 0 Å². The zero-order valence-corrected chi connectivity index (χ0v) is 22.3. The van der Waals surface area contributed by atoms with Gasteiger partial charge in [-0.25, -0.2) is 0 Å². The van der Waals surface area contributed by atoms with Crippen LogP contribution in [0, 0.1) is 0 Å². The Hall–Kier alpha value is -0.600. The molecule has 0 bridgehead atoms. The van der Waals surface area contributed by atoms with Gasteiger partial charge in [0.05, 0.1) is 6.10 Å². The SMILES string of the molecule is CC=CCCCCCCCC(O)CCCCC.CCCCC=CCCCCCCCCO. The summed E-state index contributed by atoms with van der Waals surface area (Å²) < 4.78 is 0. The second-order valence-corrected chi connectivity index (χ2v) is 9.31. The Kier molecular flexibility index (Phi) is 34.2. The quantitative estimate of drug-likeness (QED) is 0.120. The van der Waals surface area contributed by atoms with Crippen LogP contribution in [0.3, 0.4) is 0 Å². The minimum absolute atomic E-state index is 0.0374. The third-order valence-electron chi connectivity index (χ3n) is 5.95. The summed E-state index contributed by atoms with van der Waals surface area (Å²) in [5.41, 5.74) is 0. The van der Waals surface area contributed by atoms with E-state index in [1.165, 1.54) is 116 Å². The van der Waals surface area contributed by atoms with Crippen LogP contribution in [0.4, 0.5) is 0 Å². The van der Waals surface area contributed by atoms with Crippen LogP contribution in [0.1, 0.15) is 156 Å². The molecule has 0 aliphatic rings. The maximum absolute atomic E-state index is 9.74. The van der Waals surface area contributed by atoms with Crippen molar-refractivity contribution in [1.29, 1.82) is 0 Å². The molecule has 0 aliphatic heterocycles. The van der Waals surface area contributed by atoms with Crippen LogP contribution in [0.15, 0.2) is 24.3 Å². The lowest BCUT2D eigenvalue weighted by molar-refractivity contribution is 0.147. The van der Waals surface area contributed by atoms with Gasteiger partial charge in [0.25, 0.3) is 0 Å². The van der Waals surface area contributed by atoms with Crippen molar-refractivity contribution in [2.75, 3.05) is 6.61 Å². The number of unbranched alkanes of at least 4 members (excludes halogenated alkanes) is 15. The molecule has 0 aliphatic carbocycles. The van der Waals surface area contributed by atoms with Crippen molar-refractivity contribution >= 4 is 0 Å². The largest absolute Gasteiger partial charge is 0.396 e. The van der Waals surface area contributed by atoms with E-state index in [-0.39, 0.29) is 6.10 Å². The van der Waals surface area contributed by atoms with E-state index in [9.17, 15) is 5.11 Å². The molecular formula is C30H60O2. The minimum atomic E-state index is -0.0374. The Morgan fingerprint density at radius 2 is 0.969 bits per heavy atom. The van der Waals surface area contributed by atoms with E-state index in [2.05, 4.69) is 45.1 Å². The highest BCUT2D eigenvalue weighted by molar-refractivity contribution is 4.81. The number of rotatable bonds is 23. The first kappa shape index (κ1) is 33.6. The lowest BCUT2D eigenvalue weighted by Crippen LogP contribution is -2.05. The van der Waals surface area contributed by atoms with Crippen LogP contribution in [-0.4, -0.2) is 22.9 Å². The highest BCUT2D eigenvalue weighted by Crippen LogP contribution is 2.13. The van der Waals surface area contributed by atoms with Crippen molar-refractivity contribution in [3.05, 3.63) is 24.3 Å². The number of aliphatic hydroxyl groups is 2. The predicted octanol–water partition coefficient (Wildman–Crippen LogP) is 9.69. The lowest BCUT2D eigenvalue weighted by Gasteiger charge is -2.09. The molecule has 2 N–H and O–H groups in total. The molecule has 32 heavy (non-hydrogen) atoms. The first-order valence-electron chi connectivity index (χ1n) is 14.3. The Balaban J connectivity index is 0. The standard InChI is InChI=1S/C16H32O.C14H28O/c1-3-5-7-8-9-10-11-13-15-16(17)14-12-6-4-2;1-2-3-4-5-6-7-8-9-10-11-12-13-14-15/h3,5,16-17H,4,6-15H2,1-2H3;5-6,15H,2-4,7-14H2,1H3. The van der Waals surface area contributed by atoms with Gasteiger partial charge in [0, 0.05) is 6.61 Å². The molecule has 2 heteroatoms. The average molecular weight is 453 g/mol. The van der Waals surface area contributed by atoms with Gasteiger partial charge < -0.3 is 10.2 Å². The van der Waals surface area contributed by atoms with Gasteiger partial charge in [-0.05, 0) is 58.3 Å². The van der Waals surface area contributed by atoms with Crippen LogP contribution in [-0.2, 0) is 0 Å². The molecule has 0 fully saturated rings. The van der Waals surface area contributed by atoms with E-state index in [1.807, 2.05) is 0 Å².